The van der Waals surface area contributed by atoms with Gasteiger partial charge in [-0.15, -0.1) is 11.3 Å². The summed E-state index contributed by atoms with van der Waals surface area (Å²) >= 11 is 7.53. The summed E-state index contributed by atoms with van der Waals surface area (Å²) in [5, 5.41) is 9.50. The van der Waals surface area contributed by atoms with Crippen LogP contribution in [-0.2, 0) is 5.41 Å². The predicted octanol–water partition coefficient (Wildman–Crippen LogP) is 3.20. The lowest BCUT2D eigenvalue weighted by Gasteiger charge is -2.21. The van der Waals surface area contributed by atoms with E-state index < -0.39 is 0 Å². The lowest BCUT2D eigenvalue weighted by atomic mass is 9.87. The van der Waals surface area contributed by atoms with Gasteiger partial charge in [0.25, 0.3) is 0 Å². The zero-order valence-electron chi connectivity index (χ0n) is 7.59. The Labute approximate surface area is 87.4 Å². The highest BCUT2D eigenvalue weighted by Gasteiger charge is 2.36. The fourth-order valence-electron chi connectivity index (χ4n) is 2.07. The molecule has 13 heavy (non-hydrogen) atoms. The highest BCUT2D eigenvalue weighted by Crippen LogP contribution is 2.44. The topological polar surface area (TPSA) is 20.2 Å². The van der Waals surface area contributed by atoms with E-state index in [1.807, 2.05) is 6.07 Å². The fourth-order valence-corrected chi connectivity index (χ4v) is 3.30. The highest BCUT2D eigenvalue weighted by molar-refractivity contribution is 7.16. The van der Waals surface area contributed by atoms with Crippen molar-refractivity contribution in [3.8, 4) is 0 Å². The van der Waals surface area contributed by atoms with Crippen molar-refractivity contribution in [1.29, 1.82) is 0 Å². The van der Waals surface area contributed by atoms with Gasteiger partial charge in [0.15, 0.2) is 0 Å². The van der Waals surface area contributed by atoms with Crippen LogP contribution in [0.25, 0.3) is 0 Å². The first-order chi connectivity index (χ1) is 6.10. The molecule has 1 aliphatic carbocycles. The average molecular weight is 217 g/mol. The highest BCUT2D eigenvalue weighted by atomic mass is 35.5. The number of thiophene rings is 1. The molecule has 1 aromatic rings. The Morgan fingerprint density at radius 1 is 1.62 bits per heavy atom. The molecule has 1 fully saturated rings. The summed E-state index contributed by atoms with van der Waals surface area (Å²) in [5.41, 5.74) is 0.164. The number of aliphatic hydroxyl groups is 1. The fraction of sp³-hybridized carbons (Fsp3) is 0.600. The normalized spacial score (nSPS) is 33.9. The average Bonchev–Trinajstić information content (AvgIpc) is 2.60. The summed E-state index contributed by atoms with van der Waals surface area (Å²) in [6, 6.07) is 4.03. The second kappa shape index (κ2) is 3.26. The standard InChI is InChI=1S/C10H13ClOS/c1-10(5-4-7(12)6-10)8-2-3-9(11)13-8/h2-3,7,12H,4-6H2,1H3. The number of rotatable bonds is 1. The van der Waals surface area contributed by atoms with Crippen LogP contribution < -0.4 is 0 Å². The first kappa shape index (κ1) is 9.50. The van der Waals surface area contributed by atoms with Gasteiger partial charge in [-0.1, -0.05) is 18.5 Å². The van der Waals surface area contributed by atoms with E-state index in [0.29, 0.717) is 0 Å². The van der Waals surface area contributed by atoms with Crippen LogP contribution in [0.15, 0.2) is 12.1 Å². The Hall–Kier alpha value is -0.0500. The monoisotopic (exact) mass is 216 g/mol. The van der Waals surface area contributed by atoms with Gasteiger partial charge in [0, 0.05) is 10.3 Å². The third-order valence-corrected chi connectivity index (χ3v) is 4.42. The minimum Gasteiger partial charge on any atom is -0.393 e. The van der Waals surface area contributed by atoms with Gasteiger partial charge in [-0.05, 0) is 31.4 Å². The van der Waals surface area contributed by atoms with Crippen LogP contribution in [0.4, 0.5) is 0 Å². The van der Waals surface area contributed by atoms with Crippen LogP contribution in [0.2, 0.25) is 4.34 Å². The maximum absolute atomic E-state index is 9.50. The van der Waals surface area contributed by atoms with E-state index in [9.17, 15) is 5.11 Å². The van der Waals surface area contributed by atoms with Crippen molar-refractivity contribution < 1.29 is 5.11 Å². The SMILES string of the molecule is CC1(c2ccc(Cl)s2)CCC(O)C1. The van der Waals surface area contributed by atoms with Crippen LogP contribution in [0, 0.1) is 0 Å². The minimum absolute atomic E-state index is 0.120. The van der Waals surface area contributed by atoms with Crippen molar-refractivity contribution in [2.45, 2.75) is 37.7 Å². The van der Waals surface area contributed by atoms with Gasteiger partial charge in [0.05, 0.1) is 10.4 Å². The summed E-state index contributed by atoms with van der Waals surface area (Å²) in [6.45, 7) is 2.21. The van der Waals surface area contributed by atoms with Crippen LogP contribution in [0.1, 0.15) is 31.1 Å². The third kappa shape index (κ3) is 1.76. The van der Waals surface area contributed by atoms with Crippen LogP contribution in [0.3, 0.4) is 0 Å². The van der Waals surface area contributed by atoms with Crippen molar-refractivity contribution in [3.63, 3.8) is 0 Å². The number of halogens is 1. The van der Waals surface area contributed by atoms with Crippen molar-refractivity contribution in [2.24, 2.45) is 0 Å². The Balaban J connectivity index is 2.25. The lowest BCUT2D eigenvalue weighted by Crippen LogP contribution is -2.16. The van der Waals surface area contributed by atoms with Gasteiger partial charge in [-0.25, -0.2) is 0 Å². The Bertz CT molecular complexity index is 310. The molecule has 0 amide bonds. The summed E-state index contributed by atoms with van der Waals surface area (Å²) in [5.74, 6) is 0. The predicted molar refractivity (Wildman–Crippen MR) is 56.5 cm³/mol. The minimum atomic E-state index is -0.120. The van der Waals surface area contributed by atoms with Gasteiger partial charge in [0.2, 0.25) is 0 Å². The molecule has 2 atom stereocenters. The smallest absolute Gasteiger partial charge is 0.0931 e. The van der Waals surface area contributed by atoms with E-state index in [4.69, 9.17) is 11.6 Å². The van der Waals surface area contributed by atoms with Crippen LogP contribution in [0.5, 0.6) is 0 Å². The van der Waals surface area contributed by atoms with Crippen LogP contribution >= 0.6 is 22.9 Å². The molecule has 0 aromatic carbocycles. The Kier molecular flexibility index (Phi) is 2.39. The van der Waals surface area contributed by atoms with E-state index in [-0.39, 0.29) is 11.5 Å². The molecule has 1 aliphatic rings. The zero-order chi connectivity index (χ0) is 9.47. The number of hydrogen-bond acceptors (Lipinski definition) is 2. The van der Waals surface area contributed by atoms with E-state index in [1.165, 1.54) is 4.88 Å². The molecule has 3 heteroatoms. The van der Waals surface area contributed by atoms with E-state index >= 15 is 0 Å². The largest absolute Gasteiger partial charge is 0.393 e. The first-order valence-corrected chi connectivity index (χ1v) is 5.73. The maximum Gasteiger partial charge on any atom is 0.0931 e. The Morgan fingerprint density at radius 3 is 2.85 bits per heavy atom. The van der Waals surface area contributed by atoms with Crippen molar-refractivity contribution in [1.82, 2.24) is 0 Å². The van der Waals surface area contributed by atoms with Gasteiger partial charge < -0.3 is 5.11 Å². The summed E-state index contributed by atoms with van der Waals surface area (Å²) in [4.78, 5) is 1.31. The van der Waals surface area contributed by atoms with Crippen molar-refractivity contribution in [2.75, 3.05) is 0 Å². The molecule has 0 saturated heterocycles. The molecule has 0 spiro atoms. The lowest BCUT2D eigenvalue weighted by molar-refractivity contribution is 0.175. The molecule has 0 radical (unpaired) electrons. The van der Waals surface area contributed by atoms with Crippen molar-refractivity contribution >= 4 is 22.9 Å². The van der Waals surface area contributed by atoms with Gasteiger partial charge in [-0.2, -0.15) is 0 Å². The maximum atomic E-state index is 9.50. The van der Waals surface area contributed by atoms with E-state index in [0.717, 1.165) is 23.6 Å². The molecule has 0 bridgehead atoms. The summed E-state index contributed by atoms with van der Waals surface area (Å²) < 4.78 is 0.845. The summed E-state index contributed by atoms with van der Waals surface area (Å²) in [7, 11) is 0. The Morgan fingerprint density at radius 2 is 2.38 bits per heavy atom. The molecule has 2 rings (SSSR count). The van der Waals surface area contributed by atoms with E-state index in [1.54, 1.807) is 11.3 Å². The second-order valence-electron chi connectivity index (χ2n) is 4.06. The molecule has 1 saturated carbocycles. The molecule has 0 aliphatic heterocycles. The molecular weight excluding hydrogens is 204 g/mol. The third-order valence-electron chi connectivity index (χ3n) is 2.88. The quantitative estimate of drug-likeness (QED) is 0.765. The molecular formula is C10H13ClOS. The van der Waals surface area contributed by atoms with Gasteiger partial charge >= 0.3 is 0 Å². The summed E-state index contributed by atoms with van der Waals surface area (Å²) in [6.07, 6.45) is 2.76. The van der Waals surface area contributed by atoms with Gasteiger partial charge in [0.1, 0.15) is 0 Å². The van der Waals surface area contributed by atoms with Gasteiger partial charge in [-0.3, -0.25) is 0 Å². The number of hydrogen-bond donors (Lipinski definition) is 1. The molecule has 72 valence electrons. The van der Waals surface area contributed by atoms with Crippen LogP contribution in [-0.4, -0.2) is 11.2 Å². The zero-order valence-corrected chi connectivity index (χ0v) is 9.16. The molecule has 1 nitrogen and oxygen atoms in total. The van der Waals surface area contributed by atoms with Crippen molar-refractivity contribution in [3.05, 3.63) is 21.3 Å². The molecule has 1 heterocycles. The van der Waals surface area contributed by atoms with E-state index in [2.05, 4.69) is 13.0 Å². The first-order valence-electron chi connectivity index (χ1n) is 4.54. The molecule has 2 unspecified atom stereocenters. The molecule has 1 aromatic heterocycles. The second-order valence-corrected chi connectivity index (χ2v) is 5.78. The molecule has 1 N–H and O–H groups in total. The number of aliphatic hydroxyl groups excluding tert-OH is 1.